The van der Waals surface area contributed by atoms with E-state index in [1.165, 1.54) is 0 Å². The molecule has 34 heavy (non-hydrogen) atoms. The van der Waals surface area contributed by atoms with E-state index in [1.807, 2.05) is 19.9 Å². The van der Waals surface area contributed by atoms with Crippen molar-refractivity contribution in [3.8, 4) is 0 Å². The van der Waals surface area contributed by atoms with E-state index in [1.54, 1.807) is 0 Å². The lowest BCUT2D eigenvalue weighted by atomic mass is 9.35. The van der Waals surface area contributed by atoms with Crippen LogP contribution >= 0.6 is 0 Å². The van der Waals surface area contributed by atoms with E-state index in [2.05, 4.69) is 34.6 Å². The zero-order valence-electron chi connectivity index (χ0n) is 22.9. The monoisotopic (exact) mass is 476 g/mol. The second-order valence-electron chi connectivity index (χ2n) is 14.4. The molecule has 2 unspecified atom stereocenters. The highest BCUT2D eigenvalue weighted by Gasteiger charge is 2.71. The molecular weight excluding hydrogens is 424 g/mol. The van der Waals surface area contributed by atoms with Gasteiger partial charge in [-0.05, 0) is 117 Å². The van der Waals surface area contributed by atoms with E-state index in [-0.39, 0.29) is 52.3 Å². The van der Waals surface area contributed by atoms with Crippen LogP contribution in [0, 0.1) is 45.3 Å². The van der Waals surface area contributed by atoms with Crippen molar-refractivity contribution in [3.05, 3.63) is 11.6 Å². The van der Waals surface area contributed by atoms with Crippen molar-refractivity contribution < 1.29 is 20.4 Å². The van der Waals surface area contributed by atoms with E-state index in [4.69, 9.17) is 0 Å². The van der Waals surface area contributed by atoms with Gasteiger partial charge >= 0.3 is 0 Å². The molecule has 0 aliphatic heterocycles. The predicted octanol–water partition coefficient (Wildman–Crippen LogP) is 5.47. The Morgan fingerprint density at radius 1 is 0.941 bits per heavy atom. The molecule has 0 aromatic rings. The smallest absolute Gasteiger partial charge is 0.0654 e. The molecule has 196 valence electrons. The van der Waals surface area contributed by atoms with Gasteiger partial charge in [-0.1, -0.05) is 46.3 Å². The summed E-state index contributed by atoms with van der Waals surface area (Å²) in [5, 5.41) is 43.6. The Morgan fingerprint density at radius 3 is 2.24 bits per heavy atom. The molecule has 0 radical (unpaired) electrons. The first-order chi connectivity index (χ1) is 15.6. The fraction of sp³-hybridized carbons (Fsp3) is 0.933. The summed E-state index contributed by atoms with van der Waals surface area (Å²) in [7, 11) is 0. The van der Waals surface area contributed by atoms with Gasteiger partial charge in [-0.15, -0.1) is 0 Å². The lowest BCUT2D eigenvalue weighted by Crippen LogP contribution is -2.66. The van der Waals surface area contributed by atoms with Crippen molar-refractivity contribution in [2.24, 2.45) is 45.3 Å². The highest BCUT2D eigenvalue weighted by atomic mass is 16.3. The zero-order valence-corrected chi connectivity index (χ0v) is 22.9. The van der Waals surface area contributed by atoms with E-state index in [9.17, 15) is 20.4 Å². The van der Waals surface area contributed by atoms with Crippen molar-refractivity contribution in [2.75, 3.05) is 6.61 Å². The molecule has 4 aliphatic carbocycles. The third-order valence-electron chi connectivity index (χ3n) is 12.6. The van der Waals surface area contributed by atoms with Crippen LogP contribution in [0.1, 0.15) is 106 Å². The average molecular weight is 477 g/mol. The molecule has 4 nitrogen and oxygen atoms in total. The van der Waals surface area contributed by atoms with Gasteiger partial charge in [0.25, 0.3) is 0 Å². The lowest BCUT2D eigenvalue weighted by molar-refractivity contribution is -0.246. The summed E-state index contributed by atoms with van der Waals surface area (Å²) in [6.07, 6.45) is 9.93. The molecule has 0 bridgehead atoms. The van der Waals surface area contributed by atoms with Gasteiger partial charge in [-0.25, -0.2) is 0 Å². The van der Waals surface area contributed by atoms with Crippen LogP contribution in [0.3, 0.4) is 0 Å². The number of aliphatic hydroxyl groups excluding tert-OH is 3. The van der Waals surface area contributed by atoms with E-state index in [0.717, 1.165) is 56.9 Å². The molecule has 4 rings (SSSR count). The van der Waals surface area contributed by atoms with Gasteiger partial charge in [0.2, 0.25) is 0 Å². The Labute approximate surface area is 208 Å². The molecule has 0 spiro atoms. The highest BCUT2D eigenvalue weighted by Crippen LogP contribution is 2.75. The van der Waals surface area contributed by atoms with Crippen LogP contribution in [0.5, 0.6) is 0 Å². The number of allylic oxidation sites excluding steroid dienone is 1. The number of fused-ring (bicyclic) bond motifs is 5. The van der Waals surface area contributed by atoms with Gasteiger partial charge in [0.05, 0.1) is 24.4 Å². The highest BCUT2D eigenvalue weighted by molar-refractivity contribution is 5.20. The molecule has 0 aromatic carbocycles. The number of rotatable bonds is 5. The average Bonchev–Trinajstić information content (AvgIpc) is 3.13. The Bertz CT molecular complexity index is 802. The third-order valence-corrected chi connectivity index (χ3v) is 12.6. The summed E-state index contributed by atoms with van der Waals surface area (Å²) in [4.78, 5) is 0. The fourth-order valence-corrected chi connectivity index (χ4v) is 10.3. The third kappa shape index (κ3) is 3.68. The van der Waals surface area contributed by atoms with Crippen molar-refractivity contribution >= 4 is 0 Å². The van der Waals surface area contributed by atoms with Crippen molar-refractivity contribution in [3.63, 3.8) is 0 Å². The second kappa shape index (κ2) is 8.57. The molecule has 0 saturated heterocycles. The number of hydrogen-bond donors (Lipinski definition) is 4. The van der Waals surface area contributed by atoms with Gasteiger partial charge in [0, 0.05) is 0 Å². The molecule has 10 atom stereocenters. The van der Waals surface area contributed by atoms with Crippen LogP contribution in [-0.2, 0) is 0 Å². The fourth-order valence-electron chi connectivity index (χ4n) is 10.3. The second-order valence-corrected chi connectivity index (χ2v) is 14.4. The van der Waals surface area contributed by atoms with Crippen LogP contribution in [-0.4, -0.2) is 44.8 Å². The maximum atomic E-state index is 11.8. The van der Waals surface area contributed by atoms with Gasteiger partial charge in [-0.3, -0.25) is 0 Å². The van der Waals surface area contributed by atoms with Gasteiger partial charge in [0.1, 0.15) is 0 Å². The minimum atomic E-state index is -0.823. The van der Waals surface area contributed by atoms with Crippen LogP contribution in [0.15, 0.2) is 11.6 Å². The summed E-state index contributed by atoms with van der Waals surface area (Å²) in [5.41, 5.74) is 0.326. The maximum absolute atomic E-state index is 11.8. The first kappa shape index (κ1) is 26.6. The van der Waals surface area contributed by atoms with Crippen molar-refractivity contribution in [1.29, 1.82) is 0 Å². The number of hydrogen-bond acceptors (Lipinski definition) is 4. The zero-order chi connectivity index (χ0) is 25.3. The normalized spacial score (nSPS) is 50.1. The molecule has 0 aromatic heterocycles. The summed E-state index contributed by atoms with van der Waals surface area (Å²) in [6.45, 7) is 15.9. The molecule has 4 saturated carbocycles. The standard InChI is InChI=1S/C30H52O4/c1-19(18-31)9-8-13-30(7,34)20-10-15-29(6)25(20)21(32)17-23-27(4)14-12-24(33)26(2,3)22(27)11-16-28(23,29)5/h9,20-25,31-34H,8,10-18H2,1-7H3/t20-,21-,22?,23+,24?,25+,27-,28+,29-,30-/m0/s1. The molecule has 4 aliphatic rings. The van der Waals surface area contributed by atoms with Crippen molar-refractivity contribution in [1.82, 2.24) is 0 Å². The minimum Gasteiger partial charge on any atom is -0.393 e. The molecule has 4 fully saturated rings. The van der Waals surface area contributed by atoms with E-state index >= 15 is 0 Å². The lowest BCUT2D eigenvalue weighted by Gasteiger charge is -2.70. The minimum absolute atomic E-state index is 0.00896. The molecular formula is C30H52O4. The Kier molecular flexibility index (Phi) is 6.71. The Balaban J connectivity index is 1.64. The van der Waals surface area contributed by atoms with Gasteiger partial charge in [-0.2, -0.15) is 0 Å². The van der Waals surface area contributed by atoms with Gasteiger partial charge < -0.3 is 20.4 Å². The maximum Gasteiger partial charge on any atom is 0.0654 e. The van der Waals surface area contributed by atoms with E-state index < -0.39 is 5.60 Å². The van der Waals surface area contributed by atoms with Crippen LogP contribution in [0.2, 0.25) is 0 Å². The van der Waals surface area contributed by atoms with E-state index in [0.29, 0.717) is 18.3 Å². The largest absolute Gasteiger partial charge is 0.393 e. The molecule has 4 N–H and O–H groups in total. The first-order valence-corrected chi connectivity index (χ1v) is 14.0. The quantitative estimate of drug-likeness (QED) is 0.397. The molecule has 4 heteroatoms. The molecule has 0 heterocycles. The molecule has 0 amide bonds. The van der Waals surface area contributed by atoms with Crippen molar-refractivity contribution in [2.45, 2.75) is 124 Å². The van der Waals surface area contributed by atoms with Crippen LogP contribution in [0.4, 0.5) is 0 Å². The first-order valence-electron chi connectivity index (χ1n) is 14.0. The SMILES string of the molecule is CC(=CCC[C@](C)(O)[C@H]1CC[C@@]2(C)[C@H]1[C@@H](O)C[C@@H]1[C@@]3(C)CCC(O)C(C)(C)C3CC[C@]12C)CO. The predicted molar refractivity (Wildman–Crippen MR) is 137 cm³/mol. The summed E-state index contributed by atoms with van der Waals surface area (Å²) >= 11 is 0. The van der Waals surface area contributed by atoms with Gasteiger partial charge in [0.15, 0.2) is 0 Å². The Morgan fingerprint density at radius 2 is 1.59 bits per heavy atom. The van der Waals surface area contributed by atoms with Crippen LogP contribution in [0.25, 0.3) is 0 Å². The summed E-state index contributed by atoms with van der Waals surface area (Å²) in [6, 6.07) is 0. The summed E-state index contributed by atoms with van der Waals surface area (Å²) in [5.74, 6) is 1.15. The Hall–Kier alpha value is -0.420. The van der Waals surface area contributed by atoms with Crippen LogP contribution < -0.4 is 0 Å². The summed E-state index contributed by atoms with van der Waals surface area (Å²) < 4.78 is 0. The number of aliphatic hydroxyl groups is 4. The topological polar surface area (TPSA) is 80.9 Å².